The molecule has 0 radical (unpaired) electrons. The van der Waals surface area contributed by atoms with Crippen LogP contribution in [-0.2, 0) is 6.42 Å². The van der Waals surface area contributed by atoms with Gasteiger partial charge in [0.25, 0.3) is 0 Å². The van der Waals surface area contributed by atoms with Gasteiger partial charge >= 0.3 is 0 Å². The number of phenolic OH excluding ortho intramolecular Hbond substituents is 1. The van der Waals surface area contributed by atoms with E-state index in [0.29, 0.717) is 55.3 Å². The minimum Gasteiger partial charge on any atom is -0.504 e. The number of hydrogen-bond donors (Lipinski definition) is 2. The van der Waals surface area contributed by atoms with Gasteiger partial charge in [0.1, 0.15) is 24.2 Å². The number of aldehydes is 1. The number of alkyl halides is 1. The van der Waals surface area contributed by atoms with Crippen molar-refractivity contribution < 1.29 is 23.4 Å². The number of hydrogen-bond acceptors (Lipinski definition) is 9. The SMILES string of the molecule is CCc1nc(C=O)cnc1O[C@H]1CN2c3cc(-c4cccc(F)c4O)nnc3NC[C@@]2(CF)C1. The minimum absolute atomic E-state index is 0.192. The van der Waals surface area contributed by atoms with E-state index < -0.39 is 29.9 Å². The lowest BCUT2D eigenvalue weighted by Gasteiger charge is -2.42. The Hall–Kier alpha value is -3.89. The largest absolute Gasteiger partial charge is 0.504 e. The summed E-state index contributed by atoms with van der Waals surface area (Å²) in [6, 6.07) is 5.82. The number of fused-ring (bicyclic) bond motifs is 3. The number of nitrogens with zero attached hydrogens (tertiary/aromatic N) is 5. The monoisotopic (exact) mass is 468 g/mol. The Labute approximate surface area is 193 Å². The zero-order chi connectivity index (χ0) is 23.9. The Balaban J connectivity index is 1.48. The Kier molecular flexibility index (Phi) is 5.46. The highest BCUT2D eigenvalue weighted by Gasteiger charge is 2.50. The number of aryl methyl sites for hydroxylation is 1. The smallest absolute Gasteiger partial charge is 0.235 e. The second-order valence-electron chi connectivity index (χ2n) is 8.38. The van der Waals surface area contributed by atoms with E-state index in [1.165, 1.54) is 18.3 Å². The average molecular weight is 468 g/mol. The van der Waals surface area contributed by atoms with Crippen molar-refractivity contribution >= 4 is 17.8 Å². The highest BCUT2D eigenvalue weighted by Crippen LogP contribution is 2.44. The molecule has 2 aliphatic rings. The number of ether oxygens (including phenoxy) is 1. The van der Waals surface area contributed by atoms with E-state index in [1.807, 2.05) is 11.8 Å². The molecule has 0 unspecified atom stereocenters. The summed E-state index contributed by atoms with van der Waals surface area (Å²) >= 11 is 0. The number of nitrogens with one attached hydrogen (secondary N) is 1. The molecule has 0 bridgehead atoms. The number of carbonyl (C=O) groups is 1. The van der Waals surface area contributed by atoms with Crippen LogP contribution in [-0.4, -0.2) is 63.0 Å². The Morgan fingerprint density at radius 1 is 1.38 bits per heavy atom. The van der Waals surface area contributed by atoms with Crippen molar-refractivity contribution in [1.29, 1.82) is 0 Å². The van der Waals surface area contributed by atoms with E-state index in [-0.39, 0.29) is 17.0 Å². The molecule has 9 nitrogen and oxygen atoms in total. The predicted molar refractivity (Wildman–Crippen MR) is 119 cm³/mol. The molecular weight excluding hydrogens is 446 g/mol. The van der Waals surface area contributed by atoms with Crippen LogP contribution < -0.4 is 15.0 Å². The number of para-hydroxylation sites is 1. The van der Waals surface area contributed by atoms with Crippen molar-refractivity contribution in [1.82, 2.24) is 20.2 Å². The third kappa shape index (κ3) is 3.57. The van der Waals surface area contributed by atoms with Crippen LogP contribution in [0, 0.1) is 5.82 Å². The fraction of sp³-hybridized carbons (Fsp3) is 0.348. The van der Waals surface area contributed by atoms with Crippen molar-refractivity contribution in [3.05, 3.63) is 47.7 Å². The molecule has 34 heavy (non-hydrogen) atoms. The number of phenols is 1. The van der Waals surface area contributed by atoms with Crippen LogP contribution in [0.1, 0.15) is 29.5 Å². The van der Waals surface area contributed by atoms with Crippen molar-refractivity contribution in [2.75, 3.05) is 30.0 Å². The number of rotatable bonds is 6. The van der Waals surface area contributed by atoms with Gasteiger partial charge in [0.15, 0.2) is 23.7 Å². The Morgan fingerprint density at radius 3 is 3.00 bits per heavy atom. The van der Waals surface area contributed by atoms with Gasteiger partial charge in [-0.25, -0.2) is 18.7 Å². The van der Waals surface area contributed by atoms with Crippen LogP contribution in [0.2, 0.25) is 0 Å². The summed E-state index contributed by atoms with van der Waals surface area (Å²) in [7, 11) is 0. The fourth-order valence-electron chi connectivity index (χ4n) is 4.56. The van der Waals surface area contributed by atoms with Gasteiger partial charge in [-0.1, -0.05) is 13.0 Å². The molecule has 4 heterocycles. The molecule has 5 rings (SSSR count). The summed E-state index contributed by atoms with van der Waals surface area (Å²) in [5.41, 5.74) is 0.929. The fourth-order valence-corrected chi connectivity index (χ4v) is 4.56. The third-order valence-electron chi connectivity index (χ3n) is 6.29. The normalized spacial score (nSPS) is 20.9. The van der Waals surface area contributed by atoms with E-state index in [9.17, 15) is 18.7 Å². The summed E-state index contributed by atoms with van der Waals surface area (Å²) in [6.07, 6.45) is 2.47. The minimum atomic E-state index is -0.884. The predicted octanol–water partition coefficient (Wildman–Crippen LogP) is 2.94. The lowest BCUT2D eigenvalue weighted by atomic mass is 9.94. The van der Waals surface area contributed by atoms with Crippen molar-refractivity contribution in [3.63, 3.8) is 0 Å². The number of aromatic nitrogens is 4. The summed E-state index contributed by atoms with van der Waals surface area (Å²) in [4.78, 5) is 21.4. The summed E-state index contributed by atoms with van der Waals surface area (Å²) < 4.78 is 34.5. The lowest BCUT2D eigenvalue weighted by molar-refractivity contribution is 0.111. The van der Waals surface area contributed by atoms with Gasteiger partial charge in [-0.2, -0.15) is 0 Å². The van der Waals surface area contributed by atoms with Gasteiger partial charge < -0.3 is 20.1 Å². The molecule has 3 aromatic rings. The molecule has 1 saturated heterocycles. The number of carbonyl (C=O) groups excluding carboxylic acids is 1. The third-order valence-corrected chi connectivity index (χ3v) is 6.29. The van der Waals surface area contributed by atoms with Gasteiger partial charge in [0.05, 0.1) is 29.7 Å². The van der Waals surface area contributed by atoms with Gasteiger partial charge in [-0.15, -0.1) is 10.2 Å². The molecule has 1 aromatic carbocycles. The van der Waals surface area contributed by atoms with Crippen LogP contribution in [0.3, 0.4) is 0 Å². The number of benzene rings is 1. The van der Waals surface area contributed by atoms with Crippen LogP contribution in [0.15, 0.2) is 30.5 Å². The van der Waals surface area contributed by atoms with Crippen molar-refractivity contribution in [2.24, 2.45) is 0 Å². The highest BCUT2D eigenvalue weighted by atomic mass is 19.1. The molecule has 0 spiro atoms. The molecule has 0 amide bonds. The Bertz CT molecular complexity index is 1260. The molecule has 2 N–H and O–H groups in total. The summed E-state index contributed by atoms with van der Waals surface area (Å²) in [6.45, 7) is 1.89. The molecule has 0 aliphatic carbocycles. The maximum absolute atomic E-state index is 14.5. The Morgan fingerprint density at radius 2 is 2.24 bits per heavy atom. The molecular formula is C23H22F2N6O3. The zero-order valence-electron chi connectivity index (χ0n) is 18.3. The molecule has 2 aromatic heterocycles. The molecule has 2 atom stereocenters. The topological polar surface area (TPSA) is 113 Å². The lowest BCUT2D eigenvalue weighted by Crippen LogP contribution is -2.54. The second-order valence-corrected chi connectivity index (χ2v) is 8.38. The van der Waals surface area contributed by atoms with Crippen molar-refractivity contribution in [2.45, 2.75) is 31.4 Å². The van der Waals surface area contributed by atoms with E-state index >= 15 is 0 Å². The maximum atomic E-state index is 14.5. The van der Waals surface area contributed by atoms with Gasteiger partial charge in [-0.3, -0.25) is 4.79 Å². The molecule has 11 heteroatoms. The number of halogens is 2. The second kappa shape index (κ2) is 8.47. The number of anilines is 2. The molecule has 176 valence electrons. The average Bonchev–Trinajstić information content (AvgIpc) is 3.25. The van der Waals surface area contributed by atoms with Crippen LogP contribution in [0.5, 0.6) is 11.6 Å². The molecule has 2 aliphatic heterocycles. The first-order chi connectivity index (χ1) is 16.5. The van der Waals surface area contributed by atoms with Crippen LogP contribution >= 0.6 is 0 Å². The van der Waals surface area contributed by atoms with E-state index in [2.05, 4.69) is 25.5 Å². The van der Waals surface area contributed by atoms with Crippen LogP contribution in [0.25, 0.3) is 11.3 Å². The highest BCUT2D eigenvalue weighted by molar-refractivity contribution is 5.77. The van der Waals surface area contributed by atoms with E-state index in [0.717, 1.165) is 6.07 Å². The number of aromatic hydroxyl groups is 1. The van der Waals surface area contributed by atoms with E-state index in [4.69, 9.17) is 4.74 Å². The van der Waals surface area contributed by atoms with E-state index in [1.54, 1.807) is 6.07 Å². The first-order valence-electron chi connectivity index (χ1n) is 10.9. The zero-order valence-corrected chi connectivity index (χ0v) is 18.3. The van der Waals surface area contributed by atoms with Gasteiger partial charge in [-0.05, 0) is 24.6 Å². The maximum Gasteiger partial charge on any atom is 0.235 e. The standard InChI is InChI=1S/C23H22F2N6O3/c1-2-17-22(26-8-13(10-32)28-17)34-14-7-23(11-24)12-27-21-19(31(23)9-14)6-18(29-30-21)15-4-3-5-16(25)20(15)33/h3-6,8,10,14,33H,2,7,9,11-12H2,1H3,(H,27,30)/t14-,23+/m1/s1. The quantitative estimate of drug-likeness (QED) is 0.527. The first kappa shape index (κ1) is 21.9. The van der Waals surface area contributed by atoms with Crippen molar-refractivity contribution in [3.8, 4) is 22.9 Å². The summed E-state index contributed by atoms with van der Waals surface area (Å²) in [5, 5.41) is 21.6. The van der Waals surface area contributed by atoms with Crippen LogP contribution in [0.4, 0.5) is 20.3 Å². The van der Waals surface area contributed by atoms with Gasteiger partial charge in [0.2, 0.25) is 5.88 Å². The molecule has 1 fully saturated rings. The molecule has 0 saturated carbocycles. The van der Waals surface area contributed by atoms with Gasteiger partial charge in [0, 0.05) is 18.5 Å². The first-order valence-corrected chi connectivity index (χ1v) is 10.9. The summed E-state index contributed by atoms with van der Waals surface area (Å²) in [5.74, 6) is -0.507.